The molecule has 0 aromatic heterocycles. The molecule has 0 saturated carbocycles. The molecule has 2 aromatic carbocycles. The van der Waals surface area contributed by atoms with Crippen LogP contribution in [-0.4, -0.2) is 54.8 Å². The smallest absolute Gasteiger partial charge is 0.340 e. The Labute approximate surface area is 200 Å². The van der Waals surface area contributed by atoms with Crippen LogP contribution in [0.3, 0.4) is 0 Å². The van der Waals surface area contributed by atoms with Crippen LogP contribution >= 0.6 is 11.8 Å². The van der Waals surface area contributed by atoms with E-state index >= 15 is 0 Å². The summed E-state index contributed by atoms with van der Waals surface area (Å²) in [4.78, 5) is 52.7. The molecule has 0 bridgehead atoms. The zero-order valence-corrected chi connectivity index (χ0v) is 19.4. The first-order chi connectivity index (χ1) is 16.4. The number of urea groups is 1. The summed E-state index contributed by atoms with van der Waals surface area (Å²) in [7, 11) is 0. The monoisotopic (exact) mass is 481 g/mol. The molecule has 1 atom stereocenters. The summed E-state index contributed by atoms with van der Waals surface area (Å²) in [5.41, 5.74) is 1.86. The van der Waals surface area contributed by atoms with Gasteiger partial charge in [-0.2, -0.15) is 0 Å². The van der Waals surface area contributed by atoms with Crippen molar-refractivity contribution in [1.29, 1.82) is 0 Å². The quantitative estimate of drug-likeness (QED) is 0.461. The summed E-state index contributed by atoms with van der Waals surface area (Å²) in [6.45, 7) is 1.42. The number of hydrogen-bond acceptors (Lipinski definition) is 7. The third-order valence-corrected chi connectivity index (χ3v) is 6.19. The number of carbonyl (C=O) groups excluding carboxylic acids is 4. The first-order valence-corrected chi connectivity index (χ1v) is 11.8. The average molecular weight is 482 g/mol. The Morgan fingerprint density at radius 1 is 1.18 bits per heavy atom. The fourth-order valence-corrected chi connectivity index (χ4v) is 4.25. The van der Waals surface area contributed by atoms with Crippen molar-refractivity contribution in [2.45, 2.75) is 17.9 Å². The fraction of sp³-hybridized carbons (Fsp3) is 0.250. The minimum atomic E-state index is -0.669. The van der Waals surface area contributed by atoms with Crippen molar-refractivity contribution in [3.05, 3.63) is 70.9 Å². The third-order valence-electron chi connectivity index (χ3n) is 5.45. The predicted molar refractivity (Wildman–Crippen MR) is 125 cm³/mol. The van der Waals surface area contributed by atoms with E-state index in [-0.39, 0.29) is 31.0 Å². The van der Waals surface area contributed by atoms with Crippen LogP contribution in [0.15, 0.2) is 64.7 Å². The zero-order valence-electron chi connectivity index (χ0n) is 18.6. The van der Waals surface area contributed by atoms with Crippen molar-refractivity contribution >= 4 is 41.3 Å². The maximum Gasteiger partial charge on any atom is 0.340 e. The average Bonchev–Trinajstić information content (AvgIpc) is 3.22. The normalized spacial score (nSPS) is 17.1. The Kier molecular flexibility index (Phi) is 6.87. The second-order valence-corrected chi connectivity index (χ2v) is 8.37. The maximum absolute atomic E-state index is 13.0. The van der Waals surface area contributed by atoms with Crippen molar-refractivity contribution in [1.82, 2.24) is 10.2 Å². The Bertz CT molecular complexity index is 1180. The molecule has 2 heterocycles. The van der Waals surface area contributed by atoms with Crippen LogP contribution in [0.25, 0.3) is 0 Å². The lowest BCUT2D eigenvalue weighted by atomic mass is 9.96. The van der Waals surface area contributed by atoms with Crippen molar-refractivity contribution in [2.24, 2.45) is 0 Å². The maximum atomic E-state index is 13.0. The van der Waals surface area contributed by atoms with Crippen LogP contribution in [-0.2, 0) is 19.1 Å². The number of amides is 3. The van der Waals surface area contributed by atoms with E-state index in [0.717, 1.165) is 10.5 Å². The van der Waals surface area contributed by atoms with E-state index in [2.05, 4.69) is 10.6 Å². The van der Waals surface area contributed by atoms with Gasteiger partial charge >= 0.3 is 18.0 Å². The first kappa shape index (κ1) is 23.4. The van der Waals surface area contributed by atoms with Gasteiger partial charge in [-0.3, -0.25) is 9.69 Å². The van der Waals surface area contributed by atoms with Crippen molar-refractivity contribution < 1.29 is 28.7 Å². The van der Waals surface area contributed by atoms with Gasteiger partial charge < -0.3 is 20.1 Å². The molecular formula is C24H23N3O6S. The predicted octanol–water partition coefficient (Wildman–Crippen LogP) is 3.10. The number of rotatable bonds is 7. The highest BCUT2D eigenvalue weighted by Crippen LogP contribution is 2.35. The molecule has 9 nitrogen and oxygen atoms in total. The summed E-state index contributed by atoms with van der Waals surface area (Å²) in [5.74, 6) is -1.64. The number of para-hydroxylation sites is 1. The van der Waals surface area contributed by atoms with Crippen LogP contribution < -0.4 is 10.6 Å². The van der Waals surface area contributed by atoms with Gasteiger partial charge in [0.25, 0.3) is 0 Å². The van der Waals surface area contributed by atoms with E-state index in [9.17, 15) is 19.2 Å². The molecule has 0 unspecified atom stereocenters. The van der Waals surface area contributed by atoms with Gasteiger partial charge in [0, 0.05) is 4.90 Å². The van der Waals surface area contributed by atoms with Crippen LogP contribution in [0.2, 0.25) is 0 Å². The minimum Gasteiger partial charge on any atom is -0.462 e. The highest BCUT2D eigenvalue weighted by atomic mass is 32.2. The number of nitrogens with one attached hydrogen (secondary N) is 2. The van der Waals surface area contributed by atoms with Gasteiger partial charge in [0.2, 0.25) is 5.91 Å². The molecule has 2 aliphatic rings. The highest BCUT2D eigenvalue weighted by Gasteiger charge is 2.42. The zero-order chi connectivity index (χ0) is 24.2. The number of hydrogen-bond donors (Lipinski definition) is 2. The number of cyclic esters (lactones) is 1. The second-order valence-electron chi connectivity index (χ2n) is 7.49. The molecule has 4 rings (SSSR count). The van der Waals surface area contributed by atoms with Crippen LogP contribution in [0.1, 0.15) is 28.9 Å². The van der Waals surface area contributed by atoms with E-state index in [1.807, 2.05) is 30.5 Å². The van der Waals surface area contributed by atoms with Gasteiger partial charge in [0.05, 0.1) is 35.2 Å². The summed E-state index contributed by atoms with van der Waals surface area (Å²) < 4.78 is 10.2. The molecule has 3 amide bonds. The van der Waals surface area contributed by atoms with Crippen molar-refractivity contribution in [3.8, 4) is 0 Å². The summed E-state index contributed by atoms with van der Waals surface area (Å²) in [6.07, 6.45) is 1.96. The molecule has 0 aliphatic carbocycles. The molecule has 0 fully saturated rings. The molecule has 0 spiro atoms. The lowest BCUT2D eigenvalue weighted by Crippen LogP contribution is -2.49. The molecule has 0 radical (unpaired) electrons. The Hall–Kier alpha value is -3.79. The first-order valence-electron chi connectivity index (χ1n) is 10.6. The third kappa shape index (κ3) is 4.62. The van der Waals surface area contributed by atoms with E-state index in [0.29, 0.717) is 11.3 Å². The summed E-state index contributed by atoms with van der Waals surface area (Å²) >= 11 is 1.59. The minimum absolute atomic E-state index is 0.103. The Morgan fingerprint density at radius 3 is 2.62 bits per heavy atom. The second kappa shape index (κ2) is 10.0. The largest absolute Gasteiger partial charge is 0.462 e. The number of esters is 2. The number of anilines is 1. The Morgan fingerprint density at radius 2 is 1.91 bits per heavy atom. The molecule has 0 saturated heterocycles. The van der Waals surface area contributed by atoms with Crippen LogP contribution in [0.4, 0.5) is 10.5 Å². The standard InChI is InChI=1S/C24H23N3O6S/c1-3-32-22(29)16-6-4-5-7-17(16)25-19(28)12-27-18-13-33-23(30)20(18)21(26-24(27)31)14-8-10-15(34-2)11-9-14/h4-11,21H,3,12-13H2,1-2H3,(H,25,28)(H,26,31)/t21-/m1/s1. The van der Waals surface area contributed by atoms with Crippen molar-refractivity contribution in [3.63, 3.8) is 0 Å². The van der Waals surface area contributed by atoms with Gasteiger partial charge in [-0.15, -0.1) is 11.8 Å². The van der Waals surface area contributed by atoms with E-state index < -0.39 is 29.9 Å². The van der Waals surface area contributed by atoms with Gasteiger partial charge in [-0.1, -0.05) is 24.3 Å². The number of ether oxygens (including phenoxy) is 2. The van der Waals surface area contributed by atoms with Crippen LogP contribution in [0, 0.1) is 0 Å². The number of thioether (sulfide) groups is 1. The topological polar surface area (TPSA) is 114 Å². The lowest BCUT2D eigenvalue weighted by Gasteiger charge is -2.32. The van der Waals surface area contributed by atoms with Gasteiger partial charge in [0.15, 0.2) is 0 Å². The molecule has 10 heteroatoms. The van der Waals surface area contributed by atoms with Crippen LogP contribution in [0.5, 0.6) is 0 Å². The summed E-state index contributed by atoms with van der Waals surface area (Å²) in [6, 6.07) is 12.8. The van der Waals surface area contributed by atoms with Gasteiger partial charge in [-0.25, -0.2) is 14.4 Å². The SMILES string of the molecule is CCOC(=O)c1ccccc1NC(=O)CN1C(=O)N[C@H](c2ccc(SC)cc2)C2=C1COC2=O. The molecular weight excluding hydrogens is 458 g/mol. The summed E-state index contributed by atoms with van der Waals surface area (Å²) in [5, 5.41) is 5.46. The van der Waals surface area contributed by atoms with Gasteiger partial charge in [0.1, 0.15) is 13.2 Å². The van der Waals surface area contributed by atoms with E-state index in [4.69, 9.17) is 9.47 Å². The van der Waals surface area contributed by atoms with E-state index in [1.165, 1.54) is 11.0 Å². The van der Waals surface area contributed by atoms with E-state index in [1.54, 1.807) is 36.9 Å². The Balaban J connectivity index is 1.56. The number of nitrogens with zero attached hydrogens (tertiary/aromatic N) is 1. The van der Waals surface area contributed by atoms with Gasteiger partial charge in [-0.05, 0) is 43.0 Å². The van der Waals surface area contributed by atoms with Crippen molar-refractivity contribution in [2.75, 3.05) is 31.3 Å². The molecule has 176 valence electrons. The molecule has 2 aromatic rings. The molecule has 34 heavy (non-hydrogen) atoms. The number of carbonyl (C=O) groups is 4. The number of benzene rings is 2. The highest BCUT2D eigenvalue weighted by molar-refractivity contribution is 7.98. The molecule has 2 aliphatic heterocycles. The molecule has 2 N–H and O–H groups in total. The lowest BCUT2D eigenvalue weighted by molar-refractivity contribution is -0.136. The fourth-order valence-electron chi connectivity index (χ4n) is 3.84.